The van der Waals surface area contributed by atoms with Gasteiger partial charge in [-0.3, -0.25) is 14.5 Å². The lowest BCUT2D eigenvalue weighted by Gasteiger charge is -2.34. The summed E-state index contributed by atoms with van der Waals surface area (Å²) in [6.45, 7) is 5.28. The van der Waals surface area contributed by atoms with Crippen molar-refractivity contribution in [2.75, 3.05) is 31.5 Å². The highest BCUT2D eigenvalue weighted by Crippen LogP contribution is 2.19. The number of para-hydroxylation sites is 1. The van der Waals surface area contributed by atoms with Crippen LogP contribution in [-0.4, -0.2) is 57.6 Å². The van der Waals surface area contributed by atoms with E-state index in [0.29, 0.717) is 25.3 Å². The number of nitrogens with zero attached hydrogens (tertiary/aromatic N) is 4. The molecular formula is C23H24FN5O2. The van der Waals surface area contributed by atoms with Crippen LogP contribution in [-0.2, 0) is 11.3 Å². The zero-order valence-corrected chi connectivity index (χ0v) is 17.3. The zero-order valence-electron chi connectivity index (χ0n) is 17.3. The van der Waals surface area contributed by atoms with E-state index in [0.717, 1.165) is 24.3 Å². The smallest absolute Gasteiger partial charge is 0.276 e. The van der Waals surface area contributed by atoms with Crippen LogP contribution in [0.4, 0.5) is 10.1 Å². The largest absolute Gasteiger partial charge is 0.340 e. The van der Waals surface area contributed by atoms with Crippen LogP contribution >= 0.6 is 0 Å². The van der Waals surface area contributed by atoms with Crippen molar-refractivity contribution in [1.82, 2.24) is 19.6 Å². The van der Waals surface area contributed by atoms with Crippen LogP contribution in [0.15, 0.2) is 60.8 Å². The fourth-order valence-corrected chi connectivity index (χ4v) is 3.64. The van der Waals surface area contributed by atoms with Crippen LogP contribution in [0.2, 0.25) is 0 Å². The Balaban J connectivity index is 1.43. The standard InChI is InChI=1S/C23H24FN5O2/c1-17(30)28-13-11-27(12-14-28)16-18-5-2-3-8-21(18)25-23(31)22-9-10-29(26-22)20-7-4-6-19(24)15-20/h2-10,15H,11-14,16H2,1H3,(H,25,31). The van der Waals surface area contributed by atoms with E-state index in [2.05, 4.69) is 15.3 Å². The fourth-order valence-electron chi connectivity index (χ4n) is 3.64. The third-order valence-corrected chi connectivity index (χ3v) is 5.37. The van der Waals surface area contributed by atoms with Crippen LogP contribution in [0.1, 0.15) is 23.0 Å². The molecule has 7 nitrogen and oxygen atoms in total. The molecule has 0 spiro atoms. The summed E-state index contributed by atoms with van der Waals surface area (Å²) in [4.78, 5) is 28.4. The molecule has 31 heavy (non-hydrogen) atoms. The predicted molar refractivity (Wildman–Crippen MR) is 115 cm³/mol. The maximum absolute atomic E-state index is 13.5. The molecule has 0 bridgehead atoms. The molecule has 2 heterocycles. The van der Waals surface area contributed by atoms with Gasteiger partial charge in [-0.05, 0) is 35.9 Å². The predicted octanol–water partition coefficient (Wildman–Crippen LogP) is 2.93. The Hall–Kier alpha value is -3.52. The number of rotatable bonds is 5. The van der Waals surface area contributed by atoms with Crippen LogP contribution in [0.25, 0.3) is 5.69 Å². The highest BCUT2D eigenvalue weighted by Gasteiger charge is 2.20. The number of halogens is 1. The van der Waals surface area contributed by atoms with Gasteiger partial charge in [-0.1, -0.05) is 24.3 Å². The first-order valence-electron chi connectivity index (χ1n) is 10.2. The van der Waals surface area contributed by atoms with Crippen molar-refractivity contribution in [3.05, 3.63) is 77.9 Å². The molecule has 0 unspecified atom stereocenters. The zero-order chi connectivity index (χ0) is 21.8. The monoisotopic (exact) mass is 421 g/mol. The van der Waals surface area contributed by atoms with E-state index in [9.17, 15) is 14.0 Å². The molecule has 8 heteroatoms. The van der Waals surface area contributed by atoms with Crippen molar-refractivity contribution in [2.45, 2.75) is 13.5 Å². The number of anilines is 1. The van der Waals surface area contributed by atoms with Gasteiger partial charge in [0.15, 0.2) is 5.69 Å². The normalized spacial score (nSPS) is 14.5. The number of carbonyl (C=O) groups is 2. The third-order valence-electron chi connectivity index (χ3n) is 5.37. The van der Waals surface area contributed by atoms with Crippen molar-refractivity contribution < 1.29 is 14.0 Å². The van der Waals surface area contributed by atoms with Crippen molar-refractivity contribution >= 4 is 17.5 Å². The van der Waals surface area contributed by atoms with E-state index in [1.54, 1.807) is 31.3 Å². The maximum atomic E-state index is 13.5. The minimum absolute atomic E-state index is 0.102. The Morgan fingerprint density at radius 2 is 1.81 bits per heavy atom. The van der Waals surface area contributed by atoms with Gasteiger partial charge in [0.25, 0.3) is 5.91 Å². The Morgan fingerprint density at radius 3 is 2.55 bits per heavy atom. The molecule has 2 amide bonds. The van der Waals surface area contributed by atoms with Gasteiger partial charge in [0.05, 0.1) is 5.69 Å². The molecule has 1 aliphatic heterocycles. The van der Waals surface area contributed by atoms with Gasteiger partial charge in [-0.25, -0.2) is 9.07 Å². The minimum Gasteiger partial charge on any atom is -0.340 e. The summed E-state index contributed by atoms with van der Waals surface area (Å²) in [5.41, 5.74) is 2.51. The lowest BCUT2D eigenvalue weighted by Crippen LogP contribution is -2.47. The molecule has 2 aromatic carbocycles. The van der Waals surface area contributed by atoms with Crippen LogP contribution in [0, 0.1) is 5.82 Å². The molecule has 4 rings (SSSR count). The number of benzene rings is 2. The second-order valence-electron chi connectivity index (χ2n) is 7.52. The fraction of sp³-hybridized carbons (Fsp3) is 0.261. The van der Waals surface area contributed by atoms with E-state index in [1.807, 2.05) is 29.2 Å². The van der Waals surface area contributed by atoms with Gasteiger partial charge in [0.1, 0.15) is 5.82 Å². The summed E-state index contributed by atoms with van der Waals surface area (Å²) in [5.74, 6) is -0.592. The number of carbonyl (C=O) groups excluding carboxylic acids is 2. The first-order chi connectivity index (χ1) is 15.0. The molecule has 1 N–H and O–H groups in total. The van der Waals surface area contributed by atoms with E-state index >= 15 is 0 Å². The third kappa shape index (κ3) is 4.97. The van der Waals surface area contributed by atoms with Crippen LogP contribution in [0.5, 0.6) is 0 Å². The van der Waals surface area contributed by atoms with E-state index in [4.69, 9.17) is 0 Å². The maximum Gasteiger partial charge on any atom is 0.276 e. The van der Waals surface area contributed by atoms with Crippen molar-refractivity contribution in [3.8, 4) is 5.69 Å². The molecule has 160 valence electrons. The molecule has 1 aliphatic rings. The number of amides is 2. The highest BCUT2D eigenvalue weighted by atomic mass is 19.1. The SMILES string of the molecule is CC(=O)N1CCN(Cc2ccccc2NC(=O)c2ccn(-c3cccc(F)c3)n2)CC1. The lowest BCUT2D eigenvalue weighted by atomic mass is 10.1. The quantitative estimate of drug-likeness (QED) is 0.688. The Labute approximate surface area is 180 Å². The first kappa shape index (κ1) is 20.7. The van der Waals surface area contributed by atoms with Crippen molar-refractivity contribution in [1.29, 1.82) is 0 Å². The summed E-state index contributed by atoms with van der Waals surface area (Å²) in [6, 6.07) is 15.3. The second kappa shape index (κ2) is 9.09. The topological polar surface area (TPSA) is 70.5 Å². The van der Waals surface area contributed by atoms with Gasteiger partial charge in [0, 0.05) is 51.5 Å². The summed E-state index contributed by atoms with van der Waals surface area (Å²) in [5, 5.41) is 7.22. The first-order valence-corrected chi connectivity index (χ1v) is 10.2. The molecule has 0 radical (unpaired) electrons. The molecular weight excluding hydrogens is 397 g/mol. The van der Waals surface area contributed by atoms with Gasteiger partial charge in [0.2, 0.25) is 5.91 Å². The van der Waals surface area contributed by atoms with Crippen LogP contribution < -0.4 is 5.32 Å². The molecule has 1 fully saturated rings. The molecule has 3 aromatic rings. The average molecular weight is 421 g/mol. The lowest BCUT2D eigenvalue weighted by molar-refractivity contribution is -0.130. The summed E-state index contributed by atoms with van der Waals surface area (Å²) in [7, 11) is 0. The van der Waals surface area contributed by atoms with E-state index in [-0.39, 0.29) is 23.3 Å². The number of piperazine rings is 1. The van der Waals surface area contributed by atoms with Crippen molar-refractivity contribution in [2.24, 2.45) is 0 Å². The van der Waals surface area contributed by atoms with E-state index in [1.165, 1.54) is 16.8 Å². The van der Waals surface area contributed by atoms with E-state index < -0.39 is 0 Å². The molecule has 1 saturated heterocycles. The van der Waals surface area contributed by atoms with Crippen LogP contribution in [0.3, 0.4) is 0 Å². The summed E-state index contributed by atoms with van der Waals surface area (Å²) < 4.78 is 14.9. The molecule has 0 saturated carbocycles. The van der Waals surface area contributed by atoms with Crippen molar-refractivity contribution in [3.63, 3.8) is 0 Å². The highest BCUT2D eigenvalue weighted by molar-refractivity contribution is 6.03. The average Bonchev–Trinajstić information content (AvgIpc) is 3.26. The Kier molecular flexibility index (Phi) is 6.08. The Morgan fingerprint density at radius 1 is 1.03 bits per heavy atom. The number of hydrogen-bond donors (Lipinski definition) is 1. The van der Waals surface area contributed by atoms with Gasteiger partial charge in [-0.2, -0.15) is 5.10 Å². The summed E-state index contributed by atoms with van der Waals surface area (Å²) >= 11 is 0. The van der Waals surface area contributed by atoms with Gasteiger partial charge >= 0.3 is 0 Å². The minimum atomic E-state index is -0.364. The number of aromatic nitrogens is 2. The molecule has 0 aliphatic carbocycles. The van der Waals surface area contributed by atoms with Gasteiger partial charge < -0.3 is 10.2 Å². The van der Waals surface area contributed by atoms with Gasteiger partial charge in [-0.15, -0.1) is 0 Å². The molecule has 1 aromatic heterocycles. The number of nitrogens with one attached hydrogen (secondary N) is 1. The molecule has 0 atom stereocenters. The second-order valence-corrected chi connectivity index (χ2v) is 7.52. The Bertz CT molecular complexity index is 1090. The summed E-state index contributed by atoms with van der Waals surface area (Å²) in [6.07, 6.45) is 1.63. The number of hydrogen-bond acceptors (Lipinski definition) is 4.